The molecule has 0 aliphatic carbocycles. The molecule has 0 aliphatic rings. The van der Waals surface area contributed by atoms with E-state index >= 15 is 0 Å². The topological polar surface area (TPSA) is 53.4 Å². The van der Waals surface area contributed by atoms with Crippen molar-refractivity contribution in [3.63, 3.8) is 0 Å². The first-order valence-electron chi connectivity index (χ1n) is 10.8. The minimum Gasteiger partial charge on any atom is -0.393 e. The number of benzene rings is 3. The monoisotopic (exact) mass is 607 g/mol. The van der Waals surface area contributed by atoms with Crippen LogP contribution in [0.2, 0.25) is 0 Å². The van der Waals surface area contributed by atoms with E-state index in [1.54, 1.807) is 13.8 Å². The van der Waals surface area contributed by atoms with Crippen molar-refractivity contribution in [1.82, 2.24) is 4.98 Å². The van der Waals surface area contributed by atoms with Crippen molar-refractivity contribution in [3.05, 3.63) is 78.5 Å². The Labute approximate surface area is 204 Å². The number of hydrogen-bond acceptors (Lipinski definition) is 3. The standard InChI is InChI=1S/C23H20N.C5H12O2.Ir/c1-23(2,3)19-12-13-24-22(15-19)18-11-10-17-9-8-16-6-4-5-7-20(16)21(17)14-18;1-4(6)3-5(2)7;/h4-10,12-15H,1-3H3;4-7H,3H2,1-2H3;/q-1;;. The number of aromatic nitrogens is 1. The molecule has 4 rings (SSSR count). The molecular formula is C28H32IrNO2-. The largest absolute Gasteiger partial charge is 0.393 e. The number of hydrogen-bond donors (Lipinski definition) is 2. The second kappa shape index (κ2) is 11.2. The van der Waals surface area contributed by atoms with Gasteiger partial charge in [-0.1, -0.05) is 74.0 Å². The third-order valence-corrected chi connectivity index (χ3v) is 5.26. The molecule has 1 radical (unpaired) electrons. The van der Waals surface area contributed by atoms with Gasteiger partial charge in [0.2, 0.25) is 0 Å². The van der Waals surface area contributed by atoms with Gasteiger partial charge >= 0.3 is 0 Å². The van der Waals surface area contributed by atoms with Crippen LogP contribution in [0.1, 0.15) is 46.6 Å². The van der Waals surface area contributed by atoms with Gasteiger partial charge in [0.15, 0.2) is 0 Å². The van der Waals surface area contributed by atoms with Crippen molar-refractivity contribution in [1.29, 1.82) is 0 Å². The third-order valence-electron chi connectivity index (χ3n) is 5.26. The van der Waals surface area contributed by atoms with Crippen LogP contribution in [0.3, 0.4) is 0 Å². The second-order valence-corrected chi connectivity index (χ2v) is 9.25. The number of aliphatic hydroxyl groups is 2. The Morgan fingerprint density at radius 3 is 2.16 bits per heavy atom. The molecule has 2 atom stereocenters. The first-order valence-corrected chi connectivity index (χ1v) is 10.8. The average molecular weight is 607 g/mol. The number of aliphatic hydroxyl groups excluding tert-OH is 2. The van der Waals surface area contributed by atoms with Crippen LogP contribution in [0.25, 0.3) is 32.8 Å². The molecule has 0 aliphatic heterocycles. The second-order valence-electron chi connectivity index (χ2n) is 9.25. The van der Waals surface area contributed by atoms with Crippen LogP contribution < -0.4 is 0 Å². The normalized spacial score (nSPS) is 13.1. The molecule has 0 saturated heterocycles. The van der Waals surface area contributed by atoms with Crippen LogP contribution >= 0.6 is 0 Å². The molecule has 4 aromatic rings. The summed E-state index contributed by atoms with van der Waals surface area (Å²) in [5.41, 5.74) is 3.43. The summed E-state index contributed by atoms with van der Waals surface area (Å²) in [6.07, 6.45) is 1.62. The van der Waals surface area contributed by atoms with Crippen molar-refractivity contribution in [3.8, 4) is 11.3 Å². The van der Waals surface area contributed by atoms with Gasteiger partial charge in [-0.2, -0.15) is 0 Å². The molecule has 1 aromatic heterocycles. The van der Waals surface area contributed by atoms with Crippen molar-refractivity contribution < 1.29 is 30.3 Å². The minimum absolute atomic E-state index is 0. The van der Waals surface area contributed by atoms with Gasteiger partial charge < -0.3 is 15.2 Å². The maximum Gasteiger partial charge on any atom is 0.0536 e. The number of fused-ring (bicyclic) bond motifs is 3. The Kier molecular flexibility index (Phi) is 9.12. The van der Waals surface area contributed by atoms with E-state index in [9.17, 15) is 0 Å². The number of rotatable bonds is 3. The molecule has 171 valence electrons. The predicted molar refractivity (Wildman–Crippen MR) is 130 cm³/mol. The van der Waals surface area contributed by atoms with E-state index in [4.69, 9.17) is 10.2 Å². The van der Waals surface area contributed by atoms with E-state index in [0.717, 1.165) is 11.3 Å². The summed E-state index contributed by atoms with van der Waals surface area (Å²) >= 11 is 0. The zero-order valence-electron chi connectivity index (χ0n) is 19.4. The van der Waals surface area contributed by atoms with E-state index in [2.05, 4.69) is 92.5 Å². The molecular weight excluding hydrogens is 575 g/mol. The van der Waals surface area contributed by atoms with Gasteiger partial charge in [-0.3, -0.25) is 0 Å². The van der Waals surface area contributed by atoms with Crippen LogP contribution in [0.4, 0.5) is 0 Å². The van der Waals surface area contributed by atoms with Crippen molar-refractivity contribution in [2.24, 2.45) is 0 Å². The fourth-order valence-corrected chi connectivity index (χ4v) is 3.63. The van der Waals surface area contributed by atoms with E-state index in [1.807, 2.05) is 6.20 Å². The maximum atomic E-state index is 8.56. The summed E-state index contributed by atoms with van der Waals surface area (Å²) in [4.78, 5) is 4.58. The minimum atomic E-state index is -0.375. The zero-order chi connectivity index (χ0) is 22.6. The van der Waals surface area contributed by atoms with Gasteiger partial charge in [-0.25, -0.2) is 0 Å². The first kappa shape index (κ1) is 26.2. The van der Waals surface area contributed by atoms with Crippen LogP contribution in [0.15, 0.2) is 66.9 Å². The summed E-state index contributed by atoms with van der Waals surface area (Å²) in [5, 5.41) is 22.1. The molecule has 0 saturated carbocycles. The average Bonchev–Trinajstić information content (AvgIpc) is 2.72. The van der Waals surface area contributed by atoms with Gasteiger partial charge in [0.05, 0.1) is 12.2 Å². The van der Waals surface area contributed by atoms with E-state index in [-0.39, 0.29) is 37.7 Å². The Bertz CT molecular complexity index is 1160. The number of pyridine rings is 1. The maximum absolute atomic E-state index is 8.56. The molecule has 4 heteroatoms. The van der Waals surface area contributed by atoms with E-state index in [0.29, 0.717) is 6.42 Å². The van der Waals surface area contributed by atoms with E-state index < -0.39 is 0 Å². The molecule has 1 heterocycles. The molecule has 0 fully saturated rings. The molecule has 3 aromatic carbocycles. The van der Waals surface area contributed by atoms with Gasteiger partial charge in [-0.05, 0) is 53.8 Å². The summed E-state index contributed by atoms with van der Waals surface area (Å²) in [6, 6.07) is 24.8. The molecule has 0 amide bonds. The van der Waals surface area contributed by atoms with Crippen molar-refractivity contribution >= 4 is 21.5 Å². The van der Waals surface area contributed by atoms with Gasteiger partial charge in [0.25, 0.3) is 0 Å². The van der Waals surface area contributed by atoms with Gasteiger partial charge in [-0.15, -0.1) is 23.8 Å². The smallest absolute Gasteiger partial charge is 0.0536 e. The Morgan fingerprint density at radius 2 is 1.53 bits per heavy atom. The third kappa shape index (κ3) is 6.70. The van der Waals surface area contributed by atoms with E-state index in [1.165, 1.54) is 27.1 Å². The summed E-state index contributed by atoms with van der Waals surface area (Å²) in [7, 11) is 0. The fourth-order valence-electron chi connectivity index (χ4n) is 3.63. The quantitative estimate of drug-likeness (QED) is 0.213. The molecule has 0 bridgehead atoms. The zero-order valence-corrected chi connectivity index (χ0v) is 21.8. The Hall–Kier alpha value is -2.10. The van der Waals surface area contributed by atoms with Gasteiger partial charge in [0.1, 0.15) is 0 Å². The van der Waals surface area contributed by atoms with Crippen LogP contribution in [-0.4, -0.2) is 27.4 Å². The Morgan fingerprint density at radius 1 is 0.875 bits per heavy atom. The SMILES string of the molecule is CC(C)(C)c1ccnc(-c2[c-]cc3ccc4ccccc4c3c2)c1.CC(O)CC(C)O.[Ir]. The summed E-state index contributed by atoms with van der Waals surface area (Å²) in [6.45, 7) is 10.00. The van der Waals surface area contributed by atoms with Crippen LogP contribution in [-0.2, 0) is 25.5 Å². The Balaban J connectivity index is 0.000000398. The van der Waals surface area contributed by atoms with Gasteiger partial charge in [0, 0.05) is 26.3 Å². The van der Waals surface area contributed by atoms with Crippen molar-refractivity contribution in [2.45, 2.75) is 58.7 Å². The summed E-state index contributed by atoms with van der Waals surface area (Å²) in [5.74, 6) is 0. The fraction of sp³-hybridized carbons (Fsp3) is 0.321. The van der Waals surface area contributed by atoms with Crippen LogP contribution in [0, 0.1) is 6.07 Å². The van der Waals surface area contributed by atoms with Crippen LogP contribution in [0.5, 0.6) is 0 Å². The molecule has 2 unspecified atom stereocenters. The van der Waals surface area contributed by atoms with Crippen molar-refractivity contribution in [2.75, 3.05) is 0 Å². The molecule has 2 N–H and O–H groups in total. The molecule has 3 nitrogen and oxygen atoms in total. The molecule has 32 heavy (non-hydrogen) atoms. The number of nitrogens with zero attached hydrogens (tertiary/aromatic N) is 1. The molecule has 0 spiro atoms. The first-order chi connectivity index (χ1) is 14.6. The summed E-state index contributed by atoms with van der Waals surface area (Å²) < 4.78 is 0. The predicted octanol–water partition coefficient (Wildman–Crippen LogP) is 6.29.